The highest BCUT2D eigenvalue weighted by molar-refractivity contribution is 5.56. The molecule has 2 N–H and O–H groups in total. The van der Waals surface area contributed by atoms with Crippen LogP contribution in [-0.2, 0) is 17.5 Å². The van der Waals surface area contributed by atoms with Gasteiger partial charge in [-0.25, -0.2) is 0 Å². The Kier molecular flexibility index (Phi) is 4.01. The molecule has 0 amide bonds. The zero-order chi connectivity index (χ0) is 14.0. The number of ether oxygens (including phenoxy) is 1. The van der Waals surface area contributed by atoms with Gasteiger partial charge in [0.25, 0.3) is 0 Å². The number of benzene rings is 1. The molecule has 1 aromatic carbocycles. The standard InChI is InChI=1S/C13H17F3N2O/c1-18(10-4-5-19-8-10)12-3-2-9(7-17)6-11(12)13(14,15)16/h2-3,6,10H,4-5,7-8,17H2,1H3. The van der Waals surface area contributed by atoms with E-state index in [0.717, 1.165) is 12.5 Å². The molecule has 1 heterocycles. The minimum atomic E-state index is -4.38. The normalized spacial score (nSPS) is 19.7. The van der Waals surface area contributed by atoms with Gasteiger partial charge in [-0.3, -0.25) is 0 Å². The maximum Gasteiger partial charge on any atom is 0.418 e. The van der Waals surface area contributed by atoms with Crippen molar-refractivity contribution in [2.75, 3.05) is 25.2 Å². The van der Waals surface area contributed by atoms with Crippen LogP contribution in [0.1, 0.15) is 17.5 Å². The SMILES string of the molecule is CN(c1ccc(CN)cc1C(F)(F)F)C1CCOC1. The molecule has 1 aliphatic heterocycles. The van der Waals surface area contributed by atoms with Gasteiger partial charge in [-0.15, -0.1) is 0 Å². The number of rotatable bonds is 3. The van der Waals surface area contributed by atoms with Gasteiger partial charge in [0, 0.05) is 25.9 Å². The van der Waals surface area contributed by atoms with Gasteiger partial charge in [-0.05, 0) is 24.1 Å². The van der Waals surface area contributed by atoms with E-state index in [1.54, 1.807) is 18.0 Å². The summed E-state index contributed by atoms with van der Waals surface area (Å²) in [4.78, 5) is 1.65. The summed E-state index contributed by atoms with van der Waals surface area (Å²) in [6.45, 7) is 1.16. The maximum absolute atomic E-state index is 13.1. The van der Waals surface area contributed by atoms with Crippen LogP contribution in [0.25, 0.3) is 0 Å². The third-order valence-electron chi connectivity index (χ3n) is 3.44. The van der Waals surface area contributed by atoms with E-state index < -0.39 is 11.7 Å². The van der Waals surface area contributed by atoms with Crippen molar-refractivity contribution in [2.45, 2.75) is 25.2 Å². The van der Waals surface area contributed by atoms with Crippen molar-refractivity contribution in [1.82, 2.24) is 0 Å². The number of halogens is 3. The molecule has 106 valence electrons. The largest absolute Gasteiger partial charge is 0.418 e. The van der Waals surface area contributed by atoms with Crippen LogP contribution in [0.3, 0.4) is 0 Å². The molecule has 0 saturated carbocycles. The summed E-state index contributed by atoms with van der Waals surface area (Å²) in [5.41, 5.74) is 5.43. The molecule has 0 spiro atoms. The number of hydrogen-bond donors (Lipinski definition) is 1. The van der Waals surface area contributed by atoms with Crippen LogP contribution in [0.15, 0.2) is 18.2 Å². The fraction of sp³-hybridized carbons (Fsp3) is 0.538. The third kappa shape index (κ3) is 3.01. The molecule has 0 bridgehead atoms. The van der Waals surface area contributed by atoms with E-state index in [-0.39, 0.29) is 18.3 Å². The Hall–Kier alpha value is -1.27. The van der Waals surface area contributed by atoms with E-state index in [2.05, 4.69) is 0 Å². The van der Waals surface area contributed by atoms with Gasteiger partial charge in [0.05, 0.1) is 18.2 Å². The lowest BCUT2D eigenvalue weighted by Crippen LogP contribution is -2.33. The van der Waals surface area contributed by atoms with Crippen molar-refractivity contribution in [3.8, 4) is 0 Å². The van der Waals surface area contributed by atoms with Gasteiger partial charge < -0.3 is 15.4 Å². The highest BCUT2D eigenvalue weighted by Gasteiger charge is 2.36. The van der Waals surface area contributed by atoms with E-state index in [1.165, 1.54) is 6.07 Å². The van der Waals surface area contributed by atoms with Crippen molar-refractivity contribution < 1.29 is 17.9 Å². The number of likely N-dealkylation sites (N-methyl/N-ethyl adjacent to an activating group) is 1. The first kappa shape index (κ1) is 14.1. The summed E-state index contributed by atoms with van der Waals surface area (Å²) in [6.07, 6.45) is -3.64. The monoisotopic (exact) mass is 274 g/mol. The van der Waals surface area contributed by atoms with Crippen LogP contribution in [0, 0.1) is 0 Å². The quantitative estimate of drug-likeness (QED) is 0.919. The molecule has 1 unspecified atom stereocenters. The first-order chi connectivity index (χ1) is 8.93. The van der Waals surface area contributed by atoms with E-state index in [1.807, 2.05) is 0 Å². The van der Waals surface area contributed by atoms with Crippen LogP contribution < -0.4 is 10.6 Å². The van der Waals surface area contributed by atoms with Gasteiger partial charge in [0.2, 0.25) is 0 Å². The third-order valence-corrected chi connectivity index (χ3v) is 3.44. The van der Waals surface area contributed by atoms with Gasteiger partial charge in [0.1, 0.15) is 0 Å². The Morgan fingerprint density at radius 2 is 2.16 bits per heavy atom. The molecular weight excluding hydrogens is 257 g/mol. The number of nitrogens with two attached hydrogens (primary N) is 1. The average molecular weight is 274 g/mol. The van der Waals surface area contributed by atoms with Gasteiger partial charge in [-0.1, -0.05) is 6.07 Å². The van der Waals surface area contributed by atoms with Crippen LogP contribution in [0.4, 0.5) is 18.9 Å². The summed E-state index contributed by atoms with van der Waals surface area (Å²) in [6, 6.07) is 4.24. The molecular formula is C13H17F3N2O. The summed E-state index contributed by atoms with van der Waals surface area (Å²) in [5.74, 6) is 0. The van der Waals surface area contributed by atoms with Crippen molar-refractivity contribution in [3.63, 3.8) is 0 Å². The predicted octanol–water partition coefficient (Wildman–Crippen LogP) is 2.39. The lowest BCUT2D eigenvalue weighted by molar-refractivity contribution is -0.137. The van der Waals surface area contributed by atoms with E-state index in [4.69, 9.17) is 10.5 Å². The summed E-state index contributed by atoms with van der Waals surface area (Å²) < 4.78 is 44.6. The van der Waals surface area contributed by atoms with Gasteiger partial charge >= 0.3 is 6.18 Å². The zero-order valence-corrected chi connectivity index (χ0v) is 10.7. The second-order valence-corrected chi connectivity index (χ2v) is 4.68. The Balaban J connectivity index is 2.38. The van der Waals surface area contributed by atoms with Crippen molar-refractivity contribution in [3.05, 3.63) is 29.3 Å². The molecule has 3 nitrogen and oxygen atoms in total. The van der Waals surface area contributed by atoms with Gasteiger partial charge in [0.15, 0.2) is 0 Å². The van der Waals surface area contributed by atoms with Crippen LogP contribution >= 0.6 is 0 Å². The van der Waals surface area contributed by atoms with Crippen molar-refractivity contribution in [2.24, 2.45) is 5.73 Å². The minimum Gasteiger partial charge on any atom is -0.379 e. The number of nitrogens with zero attached hydrogens (tertiary/aromatic N) is 1. The van der Waals surface area contributed by atoms with Crippen molar-refractivity contribution in [1.29, 1.82) is 0 Å². The highest BCUT2D eigenvalue weighted by atomic mass is 19.4. The predicted molar refractivity (Wildman–Crippen MR) is 67.0 cm³/mol. The zero-order valence-electron chi connectivity index (χ0n) is 10.7. The van der Waals surface area contributed by atoms with Crippen LogP contribution in [0.5, 0.6) is 0 Å². The average Bonchev–Trinajstić information content (AvgIpc) is 2.90. The second kappa shape index (κ2) is 5.38. The molecule has 1 aromatic rings. The molecule has 19 heavy (non-hydrogen) atoms. The fourth-order valence-electron chi connectivity index (χ4n) is 2.27. The molecule has 0 aromatic heterocycles. The second-order valence-electron chi connectivity index (χ2n) is 4.68. The van der Waals surface area contributed by atoms with E-state index in [9.17, 15) is 13.2 Å². The Bertz CT molecular complexity index is 442. The topological polar surface area (TPSA) is 38.5 Å². The van der Waals surface area contributed by atoms with E-state index in [0.29, 0.717) is 18.8 Å². The molecule has 1 saturated heterocycles. The fourth-order valence-corrected chi connectivity index (χ4v) is 2.27. The highest BCUT2D eigenvalue weighted by Crippen LogP contribution is 2.38. The molecule has 1 fully saturated rings. The number of anilines is 1. The molecule has 1 atom stereocenters. The summed E-state index contributed by atoms with van der Waals surface area (Å²) in [5, 5.41) is 0. The molecule has 6 heteroatoms. The maximum atomic E-state index is 13.1. The summed E-state index contributed by atoms with van der Waals surface area (Å²) in [7, 11) is 1.67. The lowest BCUT2D eigenvalue weighted by atomic mass is 10.1. The molecule has 0 radical (unpaired) electrons. The minimum absolute atomic E-state index is 0.00942. The Morgan fingerprint density at radius 1 is 1.42 bits per heavy atom. The Morgan fingerprint density at radius 3 is 2.68 bits per heavy atom. The van der Waals surface area contributed by atoms with Crippen LogP contribution in [-0.4, -0.2) is 26.3 Å². The van der Waals surface area contributed by atoms with Gasteiger partial charge in [-0.2, -0.15) is 13.2 Å². The first-order valence-corrected chi connectivity index (χ1v) is 6.14. The van der Waals surface area contributed by atoms with Crippen molar-refractivity contribution >= 4 is 5.69 Å². The number of hydrogen-bond acceptors (Lipinski definition) is 3. The smallest absolute Gasteiger partial charge is 0.379 e. The Labute approximate surface area is 110 Å². The summed E-state index contributed by atoms with van der Waals surface area (Å²) >= 11 is 0. The molecule has 0 aliphatic carbocycles. The first-order valence-electron chi connectivity index (χ1n) is 6.14. The molecule has 2 rings (SSSR count). The lowest BCUT2D eigenvalue weighted by Gasteiger charge is -2.28. The molecule has 1 aliphatic rings. The van der Waals surface area contributed by atoms with Crippen LogP contribution in [0.2, 0.25) is 0 Å². The number of alkyl halides is 3. The van der Waals surface area contributed by atoms with E-state index >= 15 is 0 Å².